The smallest absolute Gasteiger partial charge is 0.253 e. The minimum absolute atomic E-state index is 0.0903. The van der Waals surface area contributed by atoms with E-state index in [4.69, 9.17) is 5.11 Å². The number of aliphatic hydroxyl groups is 3. The molecule has 5 heteroatoms. The maximum atomic E-state index is 11.8. The average molecular weight is 253 g/mol. The summed E-state index contributed by atoms with van der Waals surface area (Å²) in [5, 5.41) is 28.2. The Hall–Kier alpha value is -1.43. The van der Waals surface area contributed by atoms with Crippen molar-refractivity contribution < 1.29 is 20.1 Å². The SMILES string of the molecule is CN(C)C(=O)c1cccc(C(O)C(O)CCO)c1. The predicted octanol–water partition coefficient (Wildman–Crippen LogP) is 0.165. The van der Waals surface area contributed by atoms with Gasteiger partial charge in [0.05, 0.1) is 6.10 Å². The monoisotopic (exact) mass is 253 g/mol. The summed E-state index contributed by atoms with van der Waals surface area (Å²) in [5.41, 5.74) is 0.913. The molecular weight excluding hydrogens is 234 g/mol. The molecule has 2 atom stereocenters. The molecule has 0 aliphatic rings. The Labute approximate surface area is 106 Å². The first-order valence-corrected chi connectivity index (χ1v) is 5.76. The predicted molar refractivity (Wildman–Crippen MR) is 67.1 cm³/mol. The van der Waals surface area contributed by atoms with Gasteiger partial charge in [0.25, 0.3) is 5.91 Å². The molecule has 0 bridgehead atoms. The third-order valence-corrected chi connectivity index (χ3v) is 2.67. The molecule has 0 saturated carbocycles. The molecule has 3 N–H and O–H groups in total. The van der Waals surface area contributed by atoms with Gasteiger partial charge in [-0.1, -0.05) is 12.1 Å². The molecule has 1 rings (SSSR count). The number of benzene rings is 1. The van der Waals surface area contributed by atoms with E-state index in [9.17, 15) is 15.0 Å². The van der Waals surface area contributed by atoms with Crippen molar-refractivity contribution >= 4 is 5.91 Å². The Morgan fingerprint density at radius 1 is 1.33 bits per heavy atom. The van der Waals surface area contributed by atoms with Gasteiger partial charge in [-0.2, -0.15) is 0 Å². The van der Waals surface area contributed by atoms with Gasteiger partial charge < -0.3 is 20.2 Å². The van der Waals surface area contributed by atoms with Crippen LogP contribution in [0.4, 0.5) is 0 Å². The minimum Gasteiger partial charge on any atom is -0.396 e. The first-order chi connectivity index (χ1) is 8.47. The molecule has 1 amide bonds. The summed E-state index contributed by atoms with van der Waals surface area (Å²) < 4.78 is 0. The van der Waals surface area contributed by atoms with Crippen LogP contribution >= 0.6 is 0 Å². The molecule has 18 heavy (non-hydrogen) atoms. The van der Waals surface area contributed by atoms with Gasteiger partial charge in [0.1, 0.15) is 6.10 Å². The first kappa shape index (κ1) is 14.6. The molecule has 0 aliphatic heterocycles. The number of hydrogen-bond donors (Lipinski definition) is 3. The fourth-order valence-corrected chi connectivity index (χ4v) is 1.63. The van der Waals surface area contributed by atoms with Gasteiger partial charge in [-0.3, -0.25) is 4.79 Å². The van der Waals surface area contributed by atoms with E-state index in [0.29, 0.717) is 11.1 Å². The van der Waals surface area contributed by atoms with Crippen LogP contribution < -0.4 is 0 Å². The lowest BCUT2D eigenvalue weighted by Crippen LogP contribution is -2.23. The Morgan fingerprint density at radius 2 is 2.00 bits per heavy atom. The van der Waals surface area contributed by atoms with Crippen molar-refractivity contribution in [2.45, 2.75) is 18.6 Å². The van der Waals surface area contributed by atoms with E-state index in [1.54, 1.807) is 38.4 Å². The van der Waals surface area contributed by atoms with Crippen LogP contribution in [0.25, 0.3) is 0 Å². The molecule has 0 fully saturated rings. The zero-order valence-electron chi connectivity index (χ0n) is 10.6. The number of hydrogen-bond acceptors (Lipinski definition) is 4. The van der Waals surface area contributed by atoms with Crippen molar-refractivity contribution in [2.24, 2.45) is 0 Å². The average Bonchev–Trinajstić information content (AvgIpc) is 2.37. The van der Waals surface area contributed by atoms with Gasteiger partial charge in [0.2, 0.25) is 0 Å². The molecule has 1 aromatic carbocycles. The van der Waals surface area contributed by atoms with Gasteiger partial charge in [0, 0.05) is 26.3 Å². The highest BCUT2D eigenvalue weighted by molar-refractivity contribution is 5.94. The van der Waals surface area contributed by atoms with Crippen LogP contribution in [0.3, 0.4) is 0 Å². The Morgan fingerprint density at radius 3 is 2.56 bits per heavy atom. The van der Waals surface area contributed by atoms with Crippen molar-refractivity contribution in [3.8, 4) is 0 Å². The van der Waals surface area contributed by atoms with E-state index in [0.717, 1.165) is 0 Å². The number of aliphatic hydroxyl groups excluding tert-OH is 3. The summed E-state index contributed by atoms with van der Waals surface area (Å²) in [6, 6.07) is 6.49. The summed E-state index contributed by atoms with van der Waals surface area (Å²) in [7, 11) is 3.29. The fourth-order valence-electron chi connectivity index (χ4n) is 1.63. The summed E-state index contributed by atoms with van der Waals surface area (Å²) in [5.74, 6) is -0.166. The maximum absolute atomic E-state index is 11.8. The topological polar surface area (TPSA) is 81.0 Å². The lowest BCUT2D eigenvalue weighted by molar-refractivity contribution is 0.00417. The fraction of sp³-hybridized carbons (Fsp3) is 0.462. The van der Waals surface area contributed by atoms with Crippen LogP contribution in [0.1, 0.15) is 28.4 Å². The quantitative estimate of drug-likeness (QED) is 0.698. The van der Waals surface area contributed by atoms with Gasteiger partial charge in [-0.15, -0.1) is 0 Å². The second-order valence-corrected chi connectivity index (χ2v) is 4.35. The van der Waals surface area contributed by atoms with Crippen molar-refractivity contribution in [1.29, 1.82) is 0 Å². The molecule has 0 radical (unpaired) electrons. The van der Waals surface area contributed by atoms with E-state index < -0.39 is 12.2 Å². The first-order valence-electron chi connectivity index (χ1n) is 5.76. The van der Waals surface area contributed by atoms with Crippen LogP contribution in [0.15, 0.2) is 24.3 Å². The molecule has 100 valence electrons. The summed E-state index contributed by atoms with van der Waals surface area (Å²) in [4.78, 5) is 13.2. The maximum Gasteiger partial charge on any atom is 0.253 e. The molecule has 0 aromatic heterocycles. The van der Waals surface area contributed by atoms with E-state index >= 15 is 0 Å². The minimum atomic E-state index is -1.10. The number of carbonyl (C=O) groups excluding carboxylic acids is 1. The highest BCUT2D eigenvalue weighted by atomic mass is 16.3. The normalized spacial score (nSPS) is 14.1. The molecule has 5 nitrogen and oxygen atoms in total. The molecule has 2 unspecified atom stereocenters. The van der Waals surface area contributed by atoms with Crippen molar-refractivity contribution in [2.75, 3.05) is 20.7 Å². The van der Waals surface area contributed by atoms with Crippen LogP contribution in [-0.4, -0.2) is 52.9 Å². The molecule has 0 heterocycles. The molecule has 0 saturated heterocycles. The largest absolute Gasteiger partial charge is 0.396 e. The van der Waals surface area contributed by atoms with Crippen molar-refractivity contribution in [1.82, 2.24) is 4.90 Å². The van der Waals surface area contributed by atoms with Crippen LogP contribution in [0.5, 0.6) is 0 Å². The van der Waals surface area contributed by atoms with E-state index in [1.807, 2.05) is 0 Å². The highest BCUT2D eigenvalue weighted by Crippen LogP contribution is 2.20. The standard InChI is InChI=1S/C13H19NO4/c1-14(2)13(18)10-5-3-4-9(8-10)12(17)11(16)6-7-15/h3-5,8,11-12,15-17H,6-7H2,1-2H3. The van der Waals surface area contributed by atoms with E-state index in [-0.39, 0.29) is 18.9 Å². The molecular formula is C13H19NO4. The van der Waals surface area contributed by atoms with Crippen molar-refractivity contribution in [3.05, 3.63) is 35.4 Å². The number of carbonyl (C=O) groups is 1. The second kappa shape index (κ2) is 6.49. The van der Waals surface area contributed by atoms with E-state index in [1.165, 1.54) is 4.90 Å². The lowest BCUT2D eigenvalue weighted by Gasteiger charge is -2.18. The van der Waals surface area contributed by atoms with E-state index in [2.05, 4.69) is 0 Å². The second-order valence-electron chi connectivity index (χ2n) is 4.35. The zero-order valence-corrected chi connectivity index (χ0v) is 10.6. The highest BCUT2D eigenvalue weighted by Gasteiger charge is 2.19. The van der Waals surface area contributed by atoms with Gasteiger partial charge in [0.15, 0.2) is 0 Å². The summed E-state index contributed by atoms with van der Waals surface area (Å²) in [6.45, 7) is -0.200. The Balaban J connectivity index is 2.91. The van der Waals surface area contributed by atoms with Gasteiger partial charge >= 0.3 is 0 Å². The summed E-state index contributed by atoms with van der Waals surface area (Å²) in [6.07, 6.45) is -2.06. The zero-order chi connectivity index (χ0) is 13.7. The Kier molecular flexibility index (Phi) is 5.27. The number of amides is 1. The Bertz CT molecular complexity index is 406. The number of rotatable bonds is 5. The van der Waals surface area contributed by atoms with Crippen LogP contribution in [0, 0.1) is 0 Å². The van der Waals surface area contributed by atoms with Crippen molar-refractivity contribution in [3.63, 3.8) is 0 Å². The molecule has 1 aromatic rings. The lowest BCUT2D eigenvalue weighted by atomic mass is 10.00. The van der Waals surface area contributed by atoms with Crippen LogP contribution in [-0.2, 0) is 0 Å². The third-order valence-electron chi connectivity index (χ3n) is 2.67. The van der Waals surface area contributed by atoms with Gasteiger partial charge in [-0.05, 0) is 24.1 Å². The third kappa shape index (κ3) is 3.53. The van der Waals surface area contributed by atoms with Gasteiger partial charge in [-0.25, -0.2) is 0 Å². The molecule has 0 spiro atoms. The number of nitrogens with zero attached hydrogens (tertiary/aromatic N) is 1. The van der Waals surface area contributed by atoms with Crippen LogP contribution in [0.2, 0.25) is 0 Å². The summed E-state index contributed by atoms with van der Waals surface area (Å²) >= 11 is 0. The molecule has 0 aliphatic carbocycles.